The molecule has 0 bridgehead atoms. The van der Waals surface area contributed by atoms with Crippen LogP contribution in [-0.2, 0) is 13.2 Å². The minimum absolute atomic E-state index is 0.0102. The van der Waals surface area contributed by atoms with E-state index < -0.39 is 0 Å². The molecule has 3 aromatic rings. The van der Waals surface area contributed by atoms with Gasteiger partial charge in [-0.15, -0.1) is 0 Å². The predicted molar refractivity (Wildman–Crippen MR) is 141 cm³/mol. The second-order valence-electron chi connectivity index (χ2n) is 8.85. The Morgan fingerprint density at radius 2 is 1.63 bits per heavy atom. The Labute approximate surface area is 217 Å². The molecule has 35 heavy (non-hydrogen) atoms. The number of carbonyl (C=O) groups excluding carboxylic acids is 1. The number of halogens is 2. The van der Waals surface area contributed by atoms with E-state index >= 15 is 0 Å². The van der Waals surface area contributed by atoms with Gasteiger partial charge in [-0.2, -0.15) is 0 Å². The number of hydrogen-bond acceptors (Lipinski definition) is 4. The van der Waals surface area contributed by atoms with Gasteiger partial charge in [0, 0.05) is 59.5 Å². The third-order valence-corrected chi connectivity index (χ3v) is 7.07. The van der Waals surface area contributed by atoms with Gasteiger partial charge in [-0.25, -0.2) is 0 Å². The van der Waals surface area contributed by atoms with Gasteiger partial charge in [0.05, 0.1) is 7.11 Å². The van der Waals surface area contributed by atoms with Crippen molar-refractivity contribution in [3.63, 3.8) is 0 Å². The van der Waals surface area contributed by atoms with E-state index in [1.165, 1.54) is 0 Å². The topological polar surface area (TPSA) is 42.0 Å². The lowest BCUT2D eigenvalue weighted by molar-refractivity contribution is 0.0628. The molecule has 184 valence electrons. The van der Waals surface area contributed by atoms with E-state index in [1.54, 1.807) is 7.11 Å². The zero-order valence-electron chi connectivity index (χ0n) is 20.3. The lowest BCUT2D eigenvalue weighted by atomic mass is 10.1. The van der Waals surface area contributed by atoms with Crippen molar-refractivity contribution in [3.8, 4) is 11.5 Å². The van der Waals surface area contributed by atoms with Gasteiger partial charge in [-0.05, 0) is 61.4 Å². The maximum Gasteiger partial charge on any atom is 0.253 e. The Balaban J connectivity index is 1.41. The molecule has 1 amide bonds. The van der Waals surface area contributed by atoms with E-state index in [9.17, 15) is 4.79 Å². The highest BCUT2D eigenvalue weighted by molar-refractivity contribution is 6.35. The van der Waals surface area contributed by atoms with Crippen molar-refractivity contribution in [2.75, 3.05) is 33.3 Å². The van der Waals surface area contributed by atoms with Gasteiger partial charge in [0.1, 0.15) is 18.1 Å². The van der Waals surface area contributed by atoms with Crippen LogP contribution in [0.5, 0.6) is 11.5 Å². The highest BCUT2D eigenvalue weighted by Gasteiger charge is 2.24. The van der Waals surface area contributed by atoms with Gasteiger partial charge in [0.25, 0.3) is 5.91 Å². The molecular formula is C28H30Cl2N2O3. The number of amides is 1. The van der Waals surface area contributed by atoms with Crippen molar-refractivity contribution in [2.45, 2.75) is 27.0 Å². The fourth-order valence-electron chi connectivity index (χ4n) is 4.24. The van der Waals surface area contributed by atoms with Crippen LogP contribution in [0.3, 0.4) is 0 Å². The van der Waals surface area contributed by atoms with Crippen LogP contribution in [0.4, 0.5) is 0 Å². The number of aryl methyl sites for hydroxylation is 2. The summed E-state index contributed by atoms with van der Waals surface area (Å²) in [4.78, 5) is 17.4. The number of ether oxygens (including phenoxy) is 2. The standard InChI is InChI=1S/C28H30Cl2N2O3/c1-19-7-8-20(2)27(15-19)35-18-22-16-21(9-10-26(22)34-3)28(33)32-13-11-31(12-14-32)17-23-24(29)5-4-6-25(23)30/h4-10,15-16H,11-14,17-18H2,1-3H3. The van der Waals surface area contributed by atoms with Gasteiger partial charge in [0.2, 0.25) is 0 Å². The molecule has 1 saturated heterocycles. The number of rotatable bonds is 7. The van der Waals surface area contributed by atoms with E-state index in [-0.39, 0.29) is 5.91 Å². The lowest BCUT2D eigenvalue weighted by Crippen LogP contribution is -2.48. The highest BCUT2D eigenvalue weighted by atomic mass is 35.5. The van der Waals surface area contributed by atoms with Crippen LogP contribution >= 0.6 is 23.2 Å². The smallest absolute Gasteiger partial charge is 0.253 e. The molecule has 1 heterocycles. The van der Waals surface area contributed by atoms with Crippen molar-refractivity contribution >= 4 is 29.1 Å². The molecule has 7 heteroatoms. The molecule has 0 saturated carbocycles. The van der Waals surface area contributed by atoms with E-state index in [4.69, 9.17) is 32.7 Å². The van der Waals surface area contributed by atoms with Crippen molar-refractivity contribution in [1.29, 1.82) is 0 Å². The van der Waals surface area contributed by atoms with Crippen LogP contribution in [0, 0.1) is 13.8 Å². The Hall–Kier alpha value is -2.73. The van der Waals surface area contributed by atoms with Crippen LogP contribution in [0.2, 0.25) is 10.0 Å². The van der Waals surface area contributed by atoms with Crippen LogP contribution < -0.4 is 9.47 Å². The van der Waals surface area contributed by atoms with Gasteiger partial charge in [-0.3, -0.25) is 9.69 Å². The molecule has 1 aliphatic rings. The summed E-state index contributed by atoms with van der Waals surface area (Å²) in [5.74, 6) is 1.54. The molecule has 1 aliphatic heterocycles. The number of benzene rings is 3. The molecular weight excluding hydrogens is 483 g/mol. The first kappa shape index (κ1) is 25.4. The summed E-state index contributed by atoms with van der Waals surface area (Å²) in [5.41, 5.74) is 4.61. The number of hydrogen-bond donors (Lipinski definition) is 0. The Kier molecular flexibility index (Phi) is 8.22. The minimum atomic E-state index is 0.0102. The normalized spacial score (nSPS) is 14.1. The minimum Gasteiger partial charge on any atom is -0.496 e. The number of methoxy groups -OCH3 is 1. The molecule has 0 N–H and O–H groups in total. The quantitative estimate of drug-likeness (QED) is 0.380. The third kappa shape index (κ3) is 6.10. The monoisotopic (exact) mass is 512 g/mol. The van der Waals surface area contributed by atoms with Gasteiger partial charge in [-0.1, -0.05) is 41.4 Å². The van der Waals surface area contributed by atoms with Crippen molar-refractivity contribution in [1.82, 2.24) is 9.80 Å². The van der Waals surface area contributed by atoms with Gasteiger partial charge < -0.3 is 14.4 Å². The first-order valence-corrected chi connectivity index (χ1v) is 12.4. The third-order valence-electron chi connectivity index (χ3n) is 6.36. The number of carbonyl (C=O) groups is 1. The fraction of sp³-hybridized carbons (Fsp3) is 0.321. The van der Waals surface area contributed by atoms with E-state index in [2.05, 4.69) is 11.0 Å². The second-order valence-corrected chi connectivity index (χ2v) is 9.67. The summed E-state index contributed by atoms with van der Waals surface area (Å²) in [5, 5.41) is 1.34. The second kappa shape index (κ2) is 11.3. The molecule has 0 aromatic heterocycles. The Morgan fingerprint density at radius 1 is 0.914 bits per heavy atom. The lowest BCUT2D eigenvalue weighted by Gasteiger charge is -2.35. The maximum atomic E-state index is 13.3. The largest absolute Gasteiger partial charge is 0.496 e. The molecule has 0 spiro atoms. The fourth-order valence-corrected chi connectivity index (χ4v) is 4.76. The van der Waals surface area contributed by atoms with Crippen molar-refractivity contribution in [3.05, 3.63) is 92.5 Å². The number of nitrogens with zero attached hydrogens (tertiary/aromatic N) is 2. The summed E-state index contributed by atoms with van der Waals surface area (Å²) in [6.07, 6.45) is 0. The maximum absolute atomic E-state index is 13.3. The highest BCUT2D eigenvalue weighted by Crippen LogP contribution is 2.27. The average Bonchev–Trinajstić information content (AvgIpc) is 2.86. The van der Waals surface area contributed by atoms with Gasteiger partial charge in [0.15, 0.2) is 0 Å². The van der Waals surface area contributed by atoms with Crippen molar-refractivity contribution < 1.29 is 14.3 Å². The molecule has 4 rings (SSSR count). The summed E-state index contributed by atoms with van der Waals surface area (Å²) < 4.78 is 11.6. The summed E-state index contributed by atoms with van der Waals surface area (Å²) in [6.45, 7) is 7.84. The average molecular weight is 513 g/mol. The van der Waals surface area contributed by atoms with Crippen LogP contribution in [0.25, 0.3) is 0 Å². The predicted octanol–water partition coefficient (Wildman–Crippen LogP) is 6.16. The van der Waals surface area contributed by atoms with Gasteiger partial charge >= 0.3 is 0 Å². The van der Waals surface area contributed by atoms with E-state index in [0.717, 1.165) is 41.1 Å². The molecule has 0 radical (unpaired) electrons. The zero-order chi connectivity index (χ0) is 24.9. The molecule has 3 aromatic carbocycles. The first-order valence-electron chi connectivity index (χ1n) is 11.7. The molecule has 5 nitrogen and oxygen atoms in total. The van der Waals surface area contributed by atoms with Crippen LogP contribution in [0.1, 0.15) is 32.6 Å². The van der Waals surface area contributed by atoms with Crippen LogP contribution in [-0.4, -0.2) is 49.0 Å². The number of piperazine rings is 1. The van der Waals surface area contributed by atoms with E-state index in [1.807, 2.05) is 67.3 Å². The summed E-state index contributed by atoms with van der Waals surface area (Å²) in [7, 11) is 1.63. The Bertz CT molecular complexity index is 1190. The molecule has 1 fully saturated rings. The SMILES string of the molecule is COc1ccc(C(=O)N2CCN(Cc3c(Cl)cccc3Cl)CC2)cc1COc1cc(C)ccc1C. The molecule has 0 atom stereocenters. The molecule has 0 aliphatic carbocycles. The van der Waals surface area contributed by atoms with Crippen LogP contribution in [0.15, 0.2) is 54.6 Å². The Morgan fingerprint density at radius 3 is 2.31 bits per heavy atom. The summed E-state index contributed by atoms with van der Waals surface area (Å²) >= 11 is 12.7. The zero-order valence-corrected chi connectivity index (χ0v) is 21.8. The van der Waals surface area contributed by atoms with Crippen molar-refractivity contribution in [2.24, 2.45) is 0 Å². The summed E-state index contributed by atoms with van der Waals surface area (Å²) in [6, 6.07) is 17.2. The van der Waals surface area contributed by atoms with E-state index in [0.29, 0.717) is 47.6 Å². The molecule has 0 unspecified atom stereocenters. The first-order chi connectivity index (χ1) is 16.9.